The Bertz CT molecular complexity index is 1270. The van der Waals surface area contributed by atoms with Crippen molar-refractivity contribution < 1.29 is 19.1 Å². The smallest absolute Gasteiger partial charge is 0.279 e. The summed E-state index contributed by atoms with van der Waals surface area (Å²) in [5, 5.41) is 0.869. The number of ether oxygens (including phenoxy) is 1. The molecule has 1 aromatic heterocycles. The van der Waals surface area contributed by atoms with E-state index in [2.05, 4.69) is 15.8 Å². The highest BCUT2D eigenvalue weighted by Gasteiger charge is 2.16. The van der Waals surface area contributed by atoms with E-state index in [4.69, 9.17) is 4.74 Å². The van der Waals surface area contributed by atoms with Crippen LogP contribution in [0.1, 0.15) is 34.3 Å². The number of benzene rings is 3. The normalized spacial score (nSPS) is 11.6. The molecule has 0 saturated heterocycles. The van der Waals surface area contributed by atoms with Crippen LogP contribution >= 0.6 is 11.3 Å². The van der Waals surface area contributed by atoms with Crippen LogP contribution in [0.5, 0.6) is 5.75 Å². The molecular formula is C26H23N3O4S. The van der Waals surface area contributed by atoms with Gasteiger partial charge in [-0.15, -0.1) is 11.3 Å². The Morgan fingerprint density at radius 1 is 0.882 bits per heavy atom. The molecule has 0 aliphatic carbocycles. The van der Waals surface area contributed by atoms with Gasteiger partial charge in [0.1, 0.15) is 5.75 Å². The monoisotopic (exact) mass is 473 g/mol. The van der Waals surface area contributed by atoms with Gasteiger partial charge in [-0.1, -0.05) is 42.5 Å². The minimum absolute atomic E-state index is 0.0912. The number of carbonyl (C=O) groups is 3. The lowest BCUT2D eigenvalue weighted by Crippen LogP contribution is -2.47. The second-order valence-electron chi connectivity index (χ2n) is 7.59. The van der Waals surface area contributed by atoms with Gasteiger partial charge in [-0.25, -0.2) is 4.98 Å². The van der Waals surface area contributed by atoms with Crippen LogP contribution in [0.4, 0.5) is 0 Å². The Balaban J connectivity index is 1.22. The zero-order valence-corrected chi connectivity index (χ0v) is 19.3. The average molecular weight is 474 g/mol. The van der Waals surface area contributed by atoms with Crippen LogP contribution in [0.25, 0.3) is 10.2 Å². The van der Waals surface area contributed by atoms with E-state index in [-0.39, 0.29) is 18.1 Å². The van der Waals surface area contributed by atoms with Crippen molar-refractivity contribution in [3.8, 4) is 5.75 Å². The fraction of sp³-hybridized carbons (Fsp3) is 0.154. The predicted molar refractivity (Wildman–Crippen MR) is 131 cm³/mol. The summed E-state index contributed by atoms with van der Waals surface area (Å²) in [6.07, 6.45) is -0.159. The lowest BCUT2D eigenvalue weighted by Gasteiger charge is -2.15. The number of aryl methyl sites for hydroxylation is 1. The Morgan fingerprint density at radius 2 is 1.56 bits per heavy atom. The van der Waals surface area contributed by atoms with Crippen molar-refractivity contribution in [2.45, 2.75) is 25.9 Å². The van der Waals surface area contributed by atoms with Gasteiger partial charge in [0.05, 0.1) is 15.2 Å². The highest BCUT2D eigenvalue weighted by Crippen LogP contribution is 2.22. The van der Waals surface area contributed by atoms with Gasteiger partial charge >= 0.3 is 0 Å². The molecular weight excluding hydrogens is 450 g/mol. The number of rotatable bonds is 8. The lowest BCUT2D eigenvalue weighted by atomic mass is 10.0. The molecule has 2 N–H and O–H groups in total. The fourth-order valence-corrected chi connectivity index (χ4v) is 4.21. The molecule has 34 heavy (non-hydrogen) atoms. The van der Waals surface area contributed by atoms with Gasteiger partial charge < -0.3 is 4.74 Å². The first-order chi connectivity index (χ1) is 16.5. The number of thiazole rings is 1. The van der Waals surface area contributed by atoms with Crippen LogP contribution < -0.4 is 15.6 Å². The molecule has 7 nitrogen and oxygen atoms in total. The van der Waals surface area contributed by atoms with E-state index in [1.807, 2.05) is 42.5 Å². The molecule has 0 aliphatic heterocycles. The van der Waals surface area contributed by atoms with Gasteiger partial charge in [0.2, 0.25) is 5.91 Å². The van der Waals surface area contributed by atoms with Crippen LogP contribution in [0.15, 0.2) is 78.9 Å². The summed E-state index contributed by atoms with van der Waals surface area (Å²) in [6, 6.07) is 23.4. The zero-order valence-electron chi connectivity index (χ0n) is 18.5. The predicted octanol–water partition coefficient (Wildman–Crippen LogP) is 4.07. The van der Waals surface area contributed by atoms with Crippen LogP contribution in [0.3, 0.4) is 0 Å². The van der Waals surface area contributed by atoms with Gasteiger partial charge in [-0.05, 0) is 43.3 Å². The van der Waals surface area contributed by atoms with E-state index in [1.165, 1.54) is 0 Å². The molecule has 0 fully saturated rings. The molecule has 0 saturated carbocycles. The average Bonchev–Trinajstić information content (AvgIpc) is 3.29. The van der Waals surface area contributed by atoms with Crippen molar-refractivity contribution in [3.05, 3.63) is 95.0 Å². The SMILES string of the molecule is C[C@@H](Oc1ccc(C(=O)c2ccccc2)cc1)C(=O)NNC(=O)CCc1nc2ccccc2s1. The number of carbonyl (C=O) groups excluding carboxylic acids is 3. The molecule has 0 spiro atoms. The number of nitrogens with zero attached hydrogens (tertiary/aromatic N) is 1. The summed E-state index contributed by atoms with van der Waals surface area (Å²) in [7, 11) is 0. The number of aromatic nitrogens is 1. The lowest BCUT2D eigenvalue weighted by molar-refractivity contribution is -0.132. The zero-order chi connectivity index (χ0) is 23.9. The molecule has 0 radical (unpaired) electrons. The second-order valence-corrected chi connectivity index (χ2v) is 8.71. The molecule has 3 aromatic carbocycles. The first kappa shape index (κ1) is 23.1. The molecule has 0 unspecified atom stereocenters. The summed E-state index contributed by atoms with van der Waals surface area (Å²) in [5.41, 5.74) is 6.83. The molecule has 1 heterocycles. The number of hydrogen-bond acceptors (Lipinski definition) is 6. The maximum absolute atomic E-state index is 12.5. The third kappa shape index (κ3) is 5.85. The maximum Gasteiger partial charge on any atom is 0.279 e. The summed E-state index contributed by atoms with van der Waals surface area (Å²) in [4.78, 5) is 41.4. The minimum Gasteiger partial charge on any atom is -0.481 e. The third-order valence-corrected chi connectivity index (χ3v) is 6.16. The number of amides is 2. The van der Waals surface area contributed by atoms with Crippen molar-refractivity contribution in [2.24, 2.45) is 0 Å². The fourth-order valence-electron chi connectivity index (χ4n) is 3.24. The first-order valence-electron chi connectivity index (χ1n) is 10.8. The summed E-state index contributed by atoms with van der Waals surface area (Å²) in [5.74, 6) is -0.456. The van der Waals surface area contributed by atoms with Gasteiger partial charge in [0.15, 0.2) is 11.9 Å². The van der Waals surface area contributed by atoms with Gasteiger partial charge in [0.25, 0.3) is 5.91 Å². The third-order valence-electron chi connectivity index (χ3n) is 5.06. The topological polar surface area (TPSA) is 97.4 Å². The van der Waals surface area contributed by atoms with E-state index in [1.54, 1.807) is 54.7 Å². The highest BCUT2D eigenvalue weighted by atomic mass is 32.1. The summed E-state index contributed by atoms with van der Waals surface area (Å²) >= 11 is 1.55. The van der Waals surface area contributed by atoms with E-state index in [9.17, 15) is 14.4 Å². The molecule has 4 aromatic rings. The van der Waals surface area contributed by atoms with Crippen molar-refractivity contribution in [1.82, 2.24) is 15.8 Å². The van der Waals surface area contributed by atoms with Crippen LogP contribution in [0.2, 0.25) is 0 Å². The van der Waals surface area contributed by atoms with E-state index >= 15 is 0 Å². The van der Waals surface area contributed by atoms with E-state index in [0.29, 0.717) is 23.3 Å². The van der Waals surface area contributed by atoms with E-state index < -0.39 is 12.0 Å². The molecule has 0 aliphatic rings. The quantitative estimate of drug-likeness (QED) is 0.297. The van der Waals surface area contributed by atoms with Gasteiger partial charge in [0, 0.05) is 24.0 Å². The molecule has 2 amide bonds. The van der Waals surface area contributed by atoms with Gasteiger partial charge in [-0.2, -0.15) is 0 Å². The van der Waals surface area contributed by atoms with Crippen molar-refractivity contribution in [3.63, 3.8) is 0 Å². The number of para-hydroxylation sites is 1. The molecule has 0 bridgehead atoms. The molecule has 1 atom stereocenters. The Labute approximate surface area is 200 Å². The minimum atomic E-state index is -0.847. The Kier molecular flexibility index (Phi) is 7.29. The van der Waals surface area contributed by atoms with Crippen LogP contribution in [0, 0.1) is 0 Å². The number of fused-ring (bicyclic) bond motifs is 1. The van der Waals surface area contributed by atoms with Crippen molar-refractivity contribution in [1.29, 1.82) is 0 Å². The summed E-state index contributed by atoms with van der Waals surface area (Å²) in [6.45, 7) is 1.58. The second kappa shape index (κ2) is 10.7. The number of nitrogens with one attached hydrogen (secondary N) is 2. The standard InChI is InChI=1S/C26H23N3O4S/c1-17(33-20-13-11-19(12-14-20)25(31)18-7-3-2-4-8-18)26(32)29-28-23(30)15-16-24-27-21-9-5-6-10-22(21)34-24/h2-14,17H,15-16H2,1H3,(H,28,30)(H,29,32)/t17-/m1/s1. The summed E-state index contributed by atoms with van der Waals surface area (Å²) < 4.78 is 6.71. The Morgan fingerprint density at radius 3 is 2.29 bits per heavy atom. The number of hydrazine groups is 1. The first-order valence-corrected chi connectivity index (χ1v) is 11.6. The van der Waals surface area contributed by atoms with Crippen LogP contribution in [-0.2, 0) is 16.0 Å². The largest absolute Gasteiger partial charge is 0.481 e. The highest BCUT2D eigenvalue weighted by molar-refractivity contribution is 7.18. The van der Waals surface area contributed by atoms with Crippen molar-refractivity contribution >= 4 is 39.2 Å². The van der Waals surface area contributed by atoms with Gasteiger partial charge in [-0.3, -0.25) is 25.2 Å². The van der Waals surface area contributed by atoms with E-state index in [0.717, 1.165) is 15.2 Å². The maximum atomic E-state index is 12.5. The number of hydrogen-bond donors (Lipinski definition) is 2. The Hall–Kier alpha value is -4.04. The number of ketones is 1. The van der Waals surface area contributed by atoms with Crippen molar-refractivity contribution in [2.75, 3.05) is 0 Å². The molecule has 8 heteroatoms. The molecule has 4 rings (SSSR count). The van der Waals surface area contributed by atoms with Crippen LogP contribution in [-0.4, -0.2) is 28.7 Å². The molecule has 172 valence electrons.